The van der Waals surface area contributed by atoms with E-state index in [1.165, 1.54) is 12.1 Å². The Labute approximate surface area is 113 Å². The maximum Gasteiger partial charge on any atom is 0.125 e. The van der Waals surface area contributed by atoms with Gasteiger partial charge in [-0.2, -0.15) is 0 Å². The lowest BCUT2D eigenvalue weighted by atomic mass is 10.2. The lowest BCUT2D eigenvalue weighted by molar-refractivity contribution is 0.628. The Morgan fingerprint density at radius 1 is 1.18 bits per heavy atom. The number of rotatable bonds is 3. The first kappa shape index (κ1) is 12.4. The van der Waals surface area contributed by atoms with Crippen LogP contribution in [0.1, 0.15) is 5.56 Å². The minimum absolute atomic E-state index is 0.300. The van der Waals surface area contributed by atoms with Gasteiger partial charge in [-0.3, -0.25) is 0 Å². The van der Waals surface area contributed by atoms with E-state index in [0.29, 0.717) is 17.3 Å². The van der Waals surface area contributed by atoms with Crippen LogP contribution in [0.5, 0.6) is 0 Å². The smallest absolute Gasteiger partial charge is 0.125 e. The quantitative estimate of drug-likeness (QED) is 0.853. The molecule has 0 aliphatic carbocycles. The Balaban J connectivity index is 2.09. The van der Waals surface area contributed by atoms with E-state index in [1.54, 1.807) is 6.07 Å². The fourth-order valence-corrected chi connectivity index (χ4v) is 2.11. The molecule has 17 heavy (non-hydrogen) atoms. The van der Waals surface area contributed by atoms with Gasteiger partial charge in [0.15, 0.2) is 0 Å². The maximum absolute atomic E-state index is 13.0. The second-order valence-electron chi connectivity index (χ2n) is 3.61. The van der Waals surface area contributed by atoms with Crippen LogP contribution >= 0.6 is 27.5 Å². The lowest BCUT2D eigenvalue weighted by Gasteiger charge is -2.08. The molecule has 0 bridgehead atoms. The van der Waals surface area contributed by atoms with E-state index in [-0.39, 0.29) is 5.82 Å². The van der Waals surface area contributed by atoms with Crippen LogP contribution in [0.25, 0.3) is 0 Å². The Morgan fingerprint density at radius 2 is 2.00 bits per heavy atom. The molecule has 0 fully saturated rings. The van der Waals surface area contributed by atoms with Gasteiger partial charge in [-0.05, 0) is 35.9 Å². The molecule has 1 N–H and O–H groups in total. The molecule has 1 nitrogen and oxygen atoms in total. The highest BCUT2D eigenvalue weighted by molar-refractivity contribution is 9.10. The van der Waals surface area contributed by atoms with Crippen molar-refractivity contribution in [3.63, 3.8) is 0 Å². The maximum atomic E-state index is 13.0. The fraction of sp³-hybridized carbons (Fsp3) is 0.0769. The molecule has 0 atom stereocenters. The van der Waals surface area contributed by atoms with E-state index in [1.807, 2.05) is 24.3 Å². The lowest BCUT2D eigenvalue weighted by Crippen LogP contribution is -2.00. The van der Waals surface area contributed by atoms with Gasteiger partial charge in [0, 0.05) is 11.0 Å². The van der Waals surface area contributed by atoms with Crippen LogP contribution in [-0.2, 0) is 6.54 Å². The van der Waals surface area contributed by atoms with Gasteiger partial charge < -0.3 is 5.32 Å². The first-order valence-corrected chi connectivity index (χ1v) is 6.25. The highest BCUT2D eigenvalue weighted by Crippen LogP contribution is 2.23. The van der Waals surface area contributed by atoms with E-state index < -0.39 is 0 Å². The molecule has 4 heteroatoms. The van der Waals surface area contributed by atoms with Gasteiger partial charge in [-0.25, -0.2) is 4.39 Å². The summed E-state index contributed by atoms with van der Waals surface area (Å²) >= 11 is 9.36. The number of benzene rings is 2. The minimum atomic E-state index is -0.300. The molecule has 2 aromatic carbocycles. The van der Waals surface area contributed by atoms with Crippen molar-refractivity contribution in [2.75, 3.05) is 5.32 Å². The van der Waals surface area contributed by atoms with Crippen molar-refractivity contribution in [3.8, 4) is 0 Å². The van der Waals surface area contributed by atoms with E-state index >= 15 is 0 Å². The summed E-state index contributed by atoms with van der Waals surface area (Å²) in [6.07, 6.45) is 0. The number of hydrogen-bond acceptors (Lipinski definition) is 1. The Kier molecular flexibility index (Phi) is 4.02. The highest BCUT2D eigenvalue weighted by Gasteiger charge is 2.02. The summed E-state index contributed by atoms with van der Waals surface area (Å²) < 4.78 is 14.0. The second kappa shape index (κ2) is 5.52. The first-order valence-electron chi connectivity index (χ1n) is 5.08. The van der Waals surface area contributed by atoms with Crippen LogP contribution in [0, 0.1) is 5.82 Å². The zero-order valence-corrected chi connectivity index (χ0v) is 11.2. The van der Waals surface area contributed by atoms with Gasteiger partial charge >= 0.3 is 0 Å². The molecule has 0 spiro atoms. The summed E-state index contributed by atoms with van der Waals surface area (Å²) in [6, 6.07) is 12.2. The van der Waals surface area contributed by atoms with Crippen molar-refractivity contribution >= 4 is 33.2 Å². The number of anilines is 1. The summed E-state index contributed by atoms with van der Waals surface area (Å²) in [6.45, 7) is 0.600. The largest absolute Gasteiger partial charge is 0.380 e. The predicted molar refractivity (Wildman–Crippen MR) is 72.9 cm³/mol. The van der Waals surface area contributed by atoms with Crippen molar-refractivity contribution in [1.82, 2.24) is 0 Å². The van der Waals surface area contributed by atoms with E-state index in [0.717, 1.165) is 10.0 Å². The molecule has 0 aliphatic heterocycles. The number of halogens is 3. The van der Waals surface area contributed by atoms with Crippen molar-refractivity contribution in [2.24, 2.45) is 0 Å². The monoisotopic (exact) mass is 313 g/mol. The van der Waals surface area contributed by atoms with Crippen LogP contribution in [0.4, 0.5) is 10.1 Å². The normalized spacial score (nSPS) is 10.3. The Bertz CT molecular complexity index is 531. The van der Waals surface area contributed by atoms with Gasteiger partial charge in [0.25, 0.3) is 0 Å². The summed E-state index contributed by atoms with van der Waals surface area (Å²) in [5.41, 5.74) is 1.70. The molecule has 2 rings (SSSR count). The van der Waals surface area contributed by atoms with Crippen LogP contribution < -0.4 is 5.32 Å². The van der Waals surface area contributed by atoms with Crippen LogP contribution in [0.2, 0.25) is 5.02 Å². The molecular formula is C13H10BrClFN. The SMILES string of the molecule is Fc1ccc(Cl)c(NCc2cccc(Br)c2)c1. The Morgan fingerprint density at radius 3 is 2.76 bits per heavy atom. The van der Waals surface area contributed by atoms with Crippen molar-refractivity contribution < 1.29 is 4.39 Å². The van der Waals surface area contributed by atoms with Gasteiger partial charge in [0.05, 0.1) is 10.7 Å². The van der Waals surface area contributed by atoms with Gasteiger partial charge in [-0.15, -0.1) is 0 Å². The highest BCUT2D eigenvalue weighted by atomic mass is 79.9. The van der Waals surface area contributed by atoms with E-state index in [4.69, 9.17) is 11.6 Å². The van der Waals surface area contributed by atoms with Crippen LogP contribution in [0.3, 0.4) is 0 Å². The Hall–Kier alpha value is -1.06. The molecule has 0 heterocycles. The third kappa shape index (κ3) is 3.45. The standard InChI is InChI=1S/C13H10BrClFN/c14-10-3-1-2-9(6-10)8-17-13-7-11(16)4-5-12(13)15/h1-7,17H,8H2. The van der Waals surface area contributed by atoms with Gasteiger partial charge in [0.1, 0.15) is 5.82 Å². The van der Waals surface area contributed by atoms with Gasteiger partial charge in [-0.1, -0.05) is 39.7 Å². The zero-order chi connectivity index (χ0) is 12.3. The minimum Gasteiger partial charge on any atom is -0.380 e. The average Bonchev–Trinajstić information content (AvgIpc) is 2.30. The van der Waals surface area contributed by atoms with Crippen molar-refractivity contribution in [2.45, 2.75) is 6.54 Å². The summed E-state index contributed by atoms with van der Waals surface area (Å²) in [5.74, 6) is -0.300. The molecule has 0 aromatic heterocycles. The third-order valence-electron chi connectivity index (χ3n) is 2.30. The molecule has 0 aliphatic rings. The molecular weight excluding hydrogens is 305 g/mol. The van der Waals surface area contributed by atoms with E-state index in [9.17, 15) is 4.39 Å². The molecule has 0 unspecified atom stereocenters. The summed E-state index contributed by atoms with van der Waals surface area (Å²) in [5, 5.41) is 3.62. The van der Waals surface area contributed by atoms with Crippen molar-refractivity contribution in [3.05, 3.63) is 63.3 Å². The number of nitrogens with one attached hydrogen (secondary N) is 1. The predicted octanol–water partition coefficient (Wildman–Crippen LogP) is 4.85. The van der Waals surface area contributed by atoms with Crippen molar-refractivity contribution in [1.29, 1.82) is 0 Å². The van der Waals surface area contributed by atoms with Crippen LogP contribution in [-0.4, -0.2) is 0 Å². The molecule has 0 amide bonds. The molecule has 88 valence electrons. The summed E-state index contributed by atoms with van der Waals surface area (Å²) in [4.78, 5) is 0. The second-order valence-corrected chi connectivity index (χ2v) is 4.93. The van der Waals surface area contributed by atoms with Crippen LogP contribution in [0.15, 0.2) is 46.9 Å². The third-order valence-corrected chi connectivity index (χ3v) is 3.12. The average molecular weight is 315 g/mol. The topological polar surface area (TPSA) is 12.0 Å². The van der Waals surface area contributed by atoms with E-state index in [2.05, 4.69) is 21.2 Å². The summed E-state index contributed by atoms with van der Waals surface area (Å²) in [7, 11) is 0. The fourth-order valence-electron chi connectivity index (χ4n) is 1.48. The molecule has 0 radical (unpaired) electrons. The number of hydrogen-bond donors (Lipinski definition) is 1. The zero-order valence-electron chi connectivity index (χ0n) is 8.88. The molecule has 0 saturated carbocycles. The van der Waals surface area contributed by atoms with Gasteiger partial charge in [0.2, 0.25) is 0 Å². The molecule has 0 saturated heterocycles. The molecule has 2 aromatic rings. The first-order chi connectivity index (χ1) is 8.15.